The van der Waals surface area contributed by atoms with Crippen molar-refractivity contribution in [1.29, 1.82) is 0 Å². The summed E-state index contributed by atoms with van der Waals surface area (Å²) in [5.74, 6) is -1.36. The van der Waals surface area contributed by atoms with Crippen LogP contribution in [0.1, 0.15) is 5.69 Å². The Kier molecular flexibility index (Phi) is 3.72. The summed E-state index contributed by atoms with van der Waals surface area (Å²) in [6.07, 6.45) is 5.64. The van der Waals surface area contributed by atoms with E-state index in [0.29, 0.717) is 24.4 Å². The van der Waals surface area contributed by atoms with Crippen LogP contribution < -0.4 is 0 Å². The summed E-state index contributed by atoms with van der Waals surface area (Å²) >= 11 is 12.1. The number of pyridine rings is 1. The van der Waals surface area contributed by atoms with E-state index < -0.39 is 11.6 Å². The van der Waals surface area contributed by atoms with Crippen molar-refractivity contribution in [2.75, 3.05) is 13.2 Å². The van der Waals surface area contributed by atoms with Crippen molar-refractivity contribution in [3.8, 4) is 16.9 Å². The number of rotatable bonds is 2. The Balaban J connectivity index is 1.87. The summed E-state index contributed by atoms with van der Waals surface area (Å²) in [7, 11) is 0. The molecule has 0 bridgehead atoms. The lowest BCUT2D eigenvalue weighted by atomic mass is 10.1. The number of hydrogen-bond donors (Lipinski definition) is 1. The number of hydrogen-bond acceptors (Lipinski definition) is 3. The number of aromatic hydroxyl groups is 1. The highest BCUT2D eigenvalue weighted by Gasteiger charge is 2.18. The summed E-state index contributed by atoms with van der Waals surface area (Å²) in [5.41, 5.74) is 3.16. The molecule has 0 saturated carbocycles. The lowest BCUT2D eigenvalue weighted by Crippen LogP contribution is -1.89. The Bertz CT molecular complexity index is 972. The van der Waals surface area contributed by atoms with Crippen LogP contribution in [0.2, 0.25) is 10.0 Å². The van der Waals surface area contributed by atoms with Crippen molar-refractivity contribution in [2.45, 2.75) is 0 Å². The molecule has 1 aliphatic heterocycles. The fourth-order valence-corrected chi connectivity index (χ4v) is 3.15. The van der Waals surface area contributed by atoms with E-state index in [1.54, 1.807) is 18.3 Å². The van der Waals surface area contributed by atoms with E-state index in [2.05, 4.69) is 4.98 Å². The minimum Gasteiger partial charge on any atom is -0.504 e. The van der Waals surface area contributed by atoms with Gasteiger partial charge in [-0.1, -0.05) is 29.3 Å². The maximum Gasteiger partial charge on any atom is 0.167 e. The second-order valence-corrected chi connectivity index (χ2v) is 6.21. The first kappa shape index (κ1) is 15.4. The largest absolute Gasteiger partial charge is 0.504 e. The van der Waals surface area contributed by atoms with E-state index in [4.69, 9.17) is 27.9 Å². The van der Waals surface area contributed by atoms with Crippen LogP contribution >= 0.6 is 23.2 Å². The molecule has 2 aromatic heterocycles. The van der Waals surface area contributed by atoms with Gasteiger partial charge in [-0.15, -0.1) is 0 Å². The zero-order valence-corrected chi connectivity index (χ0v) is 13.8. The van der Waals surface area contributed by atoms with Crippen LogP contribution in [0.5, 0.6) is 5.75 Å². The number of fused-ring (bicyclic) bond motifs is 1. The van der Waals surface area contributed by atoms with Gasteiger partial charge in [-0.05, 0) is 23.8 Å². The third kappa shape index (κ3) is 2.45. The fourth-order valence-electron chi connectivity index (χ4n) is 2.71. The standard InChI is InChI=1S/C17H11Cl2FN2O2/c18-11-6-12(20)17(23)15(16(11)19)9-1-3-22-7-13(21-14(22)5-9)10-2-4-24-8-10/h1-3,5-7,23H,4,8H2. The van der Waals surface area contributed by atoms with Crippen LogP contribution in [-0.4, -0.2) is 27.7 Å². The van der Waals surface area contributed by atoms with Crippen LogP contribution in [-0.2, 0) is 4.74 Å². The highest BCUT2D eigenvalue weighted by atomic mass is 35.5. The molecule has 24 heavy (non-hydrogen) atoms. The van der Waals surface area contributed by atoms with E-state index in [-0.39, 0.29) is 15.6 Å². The molecule has 3 aromatic rings. The number of phenolic OH excluding ortho intramolecular Hbond substituents is 1. The molecule has 3 heterocycles. The molecule has 0 fully saturated rings. The van der Waals surface area contributed by atoms with Gasteiger partial charge in [0.2, 0.25) is 0 Å². The van der Waals surface area contributed by atoms with E-state index >= 15 is 0 Å². The van der Waals surface area contributed by atoms with Crippen molar-refractivity contribution in [1.82, 2.24) is 9.38 Å². The van der Waals surface area contributed by atoms with Crippen LogP contribution in [0.4, 0.5) is 4.39 Å². The molecule has 0 atom stereocenters. The normalized spacial score (nSPS) is 14.4. The van der Waals surface area contributed by atoms with Crippen LogP contribution in [0.25, 0.3) is 22.3 Å². The van der Waals surface area contributed by atoms with Gasteiger partial charge in [0.25, 0.3) is 0 Å². The predicted octanol–water partition coefficient (Wildman–Crippen LogP) is 4.57. The molecular weight excluding hydrogens is 354 g/mol. The molecule has 4 rings (SSSR count). The summed E-state index contributed by atoms with van der Waals surface area (Å²) in [6.45, 7) is 1.11. The first-order valence-electron chi connectivity index (χ1n) is 7.17. The Morgan fingerprint density at radius 3 is 2.88 bits per heavy atom. The van der Waals surface area contributed by atoms with Gasteiger partial charge in [0.15, 0.2) is 11.6 Å². The first-order valence-corrected chi connectivity index (χ1v) is 7.93. The molecule has 122 valence electrons. The number of halogens is 3. The summed E-state index contributed by atoms with van der Waals surface area (Å²) < 4.78 is 20.9. The van der Waals surface area contributed by atoms with Crippen molar-refractivity contribution < 1.29 is 14.2 Å². The second-order valence-electron chi connectivity index (χ2n) is 5.43. The first-order chi connectivity index (χ1) is 11.5. The Hall–Kier alpha value is -2.08. The average Bonchev–Trinajstić information content (AvgIpc) is 3.21. The number of benzene rings is 1. The molecule has 1 aromatic carbocycles. The van der Waals surface area contributed by atoms with Crippen molar-refractivity contribution in [2.24, 2.45) is 0 Å². The Morgan fingerprint density at radius 2 is 2.12 bits per heavy atom. The minimum absolute atomic E-state index is 0.0409. The number of nitrogens with zero attached hydrogens (tertiary/aromatic N) is 2. The van der Waals surface area contributed by atoms with E-state index in [0.717, 1.165) is 17.3 Å². The minimum atomic E-state index is -0.823. The molecule has 0 spiro atoms. The maximum absolute atomic E-state index is 13.8. The quantitative estimate of drug-likeness (QED) is 0.677. The van der Waals surface area contributed by atoms with Crippen LogP contribution in [0.3, 0.4) is 0 Å². The lowest BCUT2D eigenvalue weighted by molar-refractivity contribution is 0.216. The van der Waals surface area contributed by atoms with Crippen LogP contribution in [0, 0.1) is 5.82 Å². The Labute approximate surface area is 146 Å². The monoisotopic (exact) mass is 364 g/mol. The lowest BCUT2D eigenvalue weighted by Gasteiger charge is -2.10. The van der Waals surface area contributed by atoms with Gasteiger partial charge < -0.3 is 14.2 Å². The molecule has 0 unspecified atom stereocenters. The van der Waals surface area contributed by atoms with E-state index in [9.17, 15) is 9.50 Å². The summed E-state index contributed by atoms with van der Waals surface area (Å²) in [4.78, 5) is 4.55. The fraction of sp³-hybridized carbons (Fsp3) is 0.118. The average molecular weight is 365 g/mol. The highest BCUT2D eigenvalue weighted by molar-refractivity contribution is 6.44. The number of imidazole rings is 1. The topological polar surface area (TPSA) is 46.8 Å². The van der Waals surface area contributed by atoms with Crippen molar-refractivity contribution in [3.63, 3.8) is 0 Å². The molecule has 1 N–H and O–H groups in total. The van der Waals surface area contributed by atoms with E-state index in [1.807, 2.05) is 16.7 Å². The van der Waals surface area contributed by atoms with Gasteiger partial charge >= 0.3 is 0 Å². The van der Waals surface area contributed by atoms with Gasteiger partial charge in [0.1, 0.15) is 5.65 Å². The van der Waals surface area contributed by atoms with Gasteiger partial charge in [0, 0.05) is 23.5 Å². The number of aromatic nitrogens is 2. The van der Waals surface area contributed by atoms with Crippen molar-refractivity contribution >= 4 is 34.4 Å². The third-order valence-corrected chi connectivity index (χ3v) is 4.72. The summed E-state index contributed by atoms with van der Waals surface area (Å²) in [6, 6.07) is 4.42. The third-order valence-electron chi connectivity index (χ3n) is 3.93. The Morgan fingerprint density at radius 1 is 1.29 bits per heavy atom. The van der Waals surface area contributed by atoms with Crippen LogP contribution in [0.15, 0.2) is 36.7 Å². The summed E-state index contributed by atoms with van der Waals surface area (Å²) in [5, 5.41) is 10.2. The molecule has 0 aliphatic carbocycles. The molecule has 7 heteroatoms. The van der Waals surface area contributed by atoms with Crippen molar-refractivity contribution in [3.05, 3.63) is 58.2 Å². The zero-order valence-electron chi connectivity index (χ0n) is 12.3. The van der Waals surface area contributed by atoms with E-state index in [1.165, 1.54) is 0 Å². The maximum atomic E-state index is 13.8. The predicted molar refractivity (Wildman–Crippen MR) is 91.1 cm³/mol. The molecule has 0 saturated heterocycles. The highest BCUT2D eigenvalue weighted by Crippen LogP contribution is 2.42. The number of phenols is 1. The molecule has 0 radical (unpaired) electrons. The second kappa shape index (κ2) is 5.77. The SMILES string of the molecule is Oc1c(F)cc(Cl)c(Cl)c1-c1ccn2cc(C3=CCOC3)nc2c1. The molecular formula is C17H11Cl2FN2O2. The smallest absolute Gasteiger partial charge is 0.167 e. The zero-order chi connectivity index (χ0) is 16.8. The molecule has 0 amide bonds. The van der Waals surface area contributed by atoms with Gasteiger partial charge in [-0.3, -0.25) is 0 Å². The molecule has 1 aliphatic rings. The van der Waals surface area contributed by atoms with Gasteiger partial charge in [-0.2, -0.15) is 0 Å². The molecule has 4 nitrogen and oxygen atoms in total. The number of ether oxygens (including phenoxy) is 1. The van der Waals surface area contributed by atoms with Gasteiger partial charge in [0.05, 0.1) is 29.0 Å². The van der Waals surface area contributed by atoms with Gasteiger partial charge in [-0.25, -0.2) is 9.37 Å².